The van der Waals surface area contributed by atoms with Gasteiger partial charge in [0.15, 0.2) is 11.6 Å². The van der Waals surface area contributed by atoms with E-state index in [0.717, 1.165) is 34.6 Å². The highest BCUT2D eigenvalue weighted by Crippen LogP contribution is 2.20. The molecule has 1 aromatic carbocycles. The number of pyridine rings is 1. The molecule has 3 aromatic rings. The molecule has 0 saturated carbocycles. The second kappa shape index (κ2) is 9.77. The molecule has 1 aliphatic heterocycles. The first-order valence-electron chi connectivity index (χ1n) is 10.4. The Bertz CT molecular complexity index is 1290. The van der Waals surface area contributed by atoms with E-state index < -0.39 is 21.3 Å². The number of anilines is 1. The zero-order valence-corrected chi connectivity index (χ0v) is 21.0. The number of benzene rings is 1. The van der Waals surface area contributed by atoms with Crippen LogP contribution >= 0.6 is 22.6 Å². The predicted octanol–water partition coefficient (Wildman–Crippen LogP) is 2.15. The Kier molecular flexibility index (Phi) is 7.00. The van der Waals surface area contributed by atoms with Crippen LogP contribution in [0.5, 0.6) is 5.75 Å². The summed E-state index contributed by atoms with van der Waals surface area (Å²) in [6.07, 6.45) is 1.22. The largest absolute Gasteiger partial charge is 0.503 e. The first-order chi connectivity index (χ1) is 15.8. The Balaban J connectivity index is 1.46. The van der Waals surface area contributed by atoms with Crippen molar-refractivity contribution in [3.63, 3.8) is 0 Å². The first kappa shape index (κ1) is 23.6. The fourth-order valence-electron chi connectivity index (χ4n) is 3.66. The summed E-state index contributed by atoms with van der Waals surface area (Å²) in [5, 5.41) is 19.0. The van der Waals surface area contributed by atoms with Crippen molar-refractivity contribution in [2.24, 2.45) is 0 Å². The maximum Gasteiger partial charge on any atom is 0.306 e. The van der Waals surface area contributed by atoms with Crippen LogP contribution in [-0.4, -0.2) is 58.8 Å². The normalized spacial score (nSPS) is 15.0. The van der Waals surface area contributed by atoms with E-state index in [2.05, 4.69) is 42.6 Å². The Morgan fingerprint density at radius 3 is 2.30 bits per heavy atom. The minimum Gasteiger partial charge on any atom is -0.503 e. The number of hydrogen-bond donors (Lipinski definition) is 1. The molecule has 0 unspecified atom stereocenters. The lowest BCUT2D eigenvalue weighted by molar-refractivity contribution is 0.245. The van der Waals surface area contributed by atoms with Crippen LogP contribution in [0.2, 0.25) is 0 Å². The van der Waals surface area contributed by atoms with Crippen molar-refractivity contribution in [1.29, 1.82) is 0 Å². The summed E-state index contributed by atoms with van der Waals surface area (Å²) in [5.74, 6) is 0.283. The van der Waals surface area contributed by atoms with E-state index in [9.17, 15) is 18.3 Å². The van der Waals surface area contributed by atoms with Gasteiger partial charge in [0.1, 0.15) is 0 Å². The average molecular weight is 581 g/mol. The molecule has 0 bridgehead atoms. The lowest BCUT2D eigenvalue weighted by Crippen LogP contribution is -2.46. The van der Waals surface area contributed by atoms with Gasteiger partial charge in [-0.3, -0.25) is 9.69 Å². The van der Waals surface area contributed by atoms with Crippen LogP contribution in [0.3, 0.4) is 0 Å². The maximum atomic E-state index is 12.9. The number of piperazine rings is 1. The van der Waals surface area contributed by atoms with E-state index in [0.29, 0.717) is 29.2 Å². The number of aromatic hydroxyl groups is 1. The minimum atomic E-state index is -4.09. The van der Waals surface area contributed by atoms with Crippen molar-refractivity contribution in [3.8, 4) is 5.75 Å². The summed E-state index contributed by atoms with van der Waals surface area (Å²) < 4.78 is 27.1. The molecule has 0 amide bonds. The summed E-state index contributed by atoms with van der Waals surface area (Å²) in [5.41, 5.74) is 1.30. The minimum absolute atomic E-state index is 0.00640. The molecule has 11 heteroatoms. The third-order valence-electron chi connectivity index (χ3n) is 5.63. The Morgan fingerprint density at radius 2 is 1.70 bits per heavy atom. The molecular weight excluding hydrogens is 557 g/mol. The number of hydrogen-bond acceptors (Lipinski definition) is 8. The van der Waals surface area contributed by atoms with Gasteiger partial charge in [-0.2, -0.15) is 5.10 Å². The molecule has 4 rings (SSSR count). The Hall–Kier alpha value is -2.51. The van der Waals surface area contributed by atoms with Crippen LogP contribution < -0.4 is 10.5 Å². The zero-order chi connectivity index (χ0) is 23.6. The summed E-state index contributed by atoms with van der Waals surface area (Å²) in [7, 11) is -4.09. The second-order valence-corrected chi connectivity index (χ2v) is 10.5. The standard InChI is InChI=1S/C22H24IN5O4S/c1-16-2-5-19(6-3-16)33(31,32)28-9-8-17(21(29)22(28)30)15-26-10-12-27(13-11-26)20-7-4-18(14-23)24-25-20/h2-9,29H,10-15H2,1H3. The molecule has 2 aromatic heterocycles. The van der Waals surface area contributed by atoms with Gasteiger partial charge in [0.2, 0.25) is 0 Å². The highest BCUT2D eigenvalue weighted by atomic mass is 127. The Morgan fingerprint density at radius 1 is 1.00 bits per heavy atom. The van der Waals surface area contributed by atoms with E-state index in [1.165, 1.54) is 24.4 Å². The van der Waals surface area contributed by atoms with Gasteiger partial charge >= 0.3 is 5.56 Å². The van der Waals surface area contributed by atoms with Gasteiger partial charge in [0.25, 0.3) is 10.0 Å². The maximum absolute atomic E-state index is 12.9. The fraction of sp³-hybridized carbons (Fsp3) is 0.318. The number of halogens is 1. The van der Waals surface area contributed by atoms with Crippen LogP contribution in [0.4, 0.5) is 5.82 Å². The van der Waals surface area contributed by atoms with Crippen molar-refractivity contribution < 1.29 is 13.5 Å². The van der Waals surface area contributed by atoms with Gasteiger partial charge in [-0.25, -0.2) is 12.4 Å². The topological polar surface area (TPSA) is 109 Å². The highest BCUT2D eigenvalue weighted by molar-refractivity contribution is 14.1. The molecule has 0 atom stereocenters. The van der Waals surface area contributed by atoms with Crippen LogP contribution in [-0.2, 0) is 21.0 Å². The van der Waals surface area contributed by atoms with Gasteiger partial charge in [-0.05, 0) is 37.3 Å². The monoisotopic (exact) mass is 581 g/mol. The SMILES string of the molecule is Cc1ccc(S(=O)(=O)n2ccc(CN3CCN(c4ccc(CI)nn4)CC3)c(O)c2=O)cc1. The van der Waals surface area contributed by atoms with E-state index in [1.54, 1.807) is 12.1 Å². The van der Waals surface area contributed by atoms with Crippen LogP contribution in [0.1, 0.15) is 16.8 Å². The number of rotatable bonds is 6. The second-order valence-electron chi connectivity index (χ2n) is 7.89. The number of nitrogens with zero attached hydrogens (tertiary/aromatic N) is 5. The molecule has 1 N–H and O–H groups in total. The summed E-state index contributed by atoms with van der Waals surface area (Å²) >= 11 is 2.25. The van der Waals surface area contributed by atoms with Gasteiger partial charge in [-0.1, -0.05) is 40.3 Å². The molecule has 1 aliphatic rings. The van der Waals surface area contributed by atoms with E-state index >= 15 is 0 Å². The molecule has 3 heterocycles. The van der Waals surface area contributed by atoms with Crippen molar-refractivity contribution in [2.45, 2.75) is 22.8 Å². The average Bonchev–Trinajstić information content (AvgIpc) is 2.83. The van der Waals surface area contributed by atoms with Crippen molar-refractivity contribution in [1.82, 2.24) is 19.1 Å². The highest BCUT2D eigenvalue weighted by Gasteiger charge is 2.23. The number of aromatic nitrogens is 3. The lowest BCUT2D eigenvalue weighted by atomic mass is 10.2. The summed E-state index contributed by atoms with van der Waals surface area (Å²) in [6.45, 7) is 5.08. The predicted molar refractivity (Wildman–Crippen MR) is 133 cm³/mol. The first-order valence-corrected chi connectivity index (χ1v) is 13.4. The summed E-state index contributed by atoms with van der Waals surface area (Å²) in [4.78, 5) is 16.9. The van der Waals surface area contributed by atoms with Crippen molar-refractivity contribution >= 4 is 38.4 Å². The molecule has 174 valence electrons. The summed E-state index contributed by atoms with van der Waals surface area (Å²) in [6, 6.07) is 11.6. The number of aryl methyl sites for hydroxylation is 1. The van der Waals surface area contributed by atoms with Crippen molar-refractivity contribution in [2.75, 3.05) is 31.1 Å². The van der Waals surface area contributed by atoms with Gasteiger partial charge in [0.05, 0.1) is 10.6 Å². The van der Waals surface area contributed by atoms with Gasteiger partial charge in [-0.15, -0.1) is 5.10 Å². The van der Waals surface area contributed by atoms with Gasteiger partial charge in [0, 0.05) is 48.9 Å². The van der Waals surface area contributed by atoms with Crippen LogP contribution in [0.15, 0.2) is 58.4 Å². The van der Waals surface area contributed by atoms with Gasteiger partial charge < -0.3 is 10.0 Å². The zero-order valence-electron chi connectivity index (χ0n) is 18.1. The van der Waals surface area contributed by atoms with Crippen LogP contribution in [0, 0.1) is 6.92 Å². The molecule has 0 spiro atoms. The molecule has 0 aliphatic carbocycles. The quantitative estimate of drug-likeness (QED) is 0.349. The van der Waals surface area contributed by atoms with E-state index in [4.69, 9.17) is 0 Å². The number of alkyl halides is 1. The molecule has 0 radical (unpaired) electrons. The smallest absolute Gasteiger partial charge is 0.306 e. The molecule has 1 fully saturated rings. The van der Waals surface area contributed by atoms with Crippen molar-refractivity contribution in [3.05, 3.63) is 75.8 Å². The lowest BCUT2D eigenvalue weighted by Gasteiger charge is -2.35. The third kappa shape index (κ3) is 5.04. The fourth-order valence-corrected chi connectivity index (χ4v) is 5.30. The molecular formula is C22H24IN5O4S. The molecule has 1 saturated heterocycles. The molecule has 9 nitrogen and oxygen atoms in total. The third-order valence-corrected chi connectivity index (χ3v) is 8.08. The van der Waals surface area contributed by atoms with Crippen LogP contribution in [0.25, 0.3) is 0 Å². The molecule has 33 heavy (non-hydrogen) atoms. The Labute approximate surface area is 205 Å². The van der Waals surface area contributed by atoms with E-state index in [-0.39, 0.29) is 4.90 Å². The van der Waals surface area contributed by atoms with E-state index in [1.807, 2.05) is 19.1 Å².